The van der Waals surface area contributed by atoms with Gasteiger partial charge in [-0.15, -0.1) is 11.3 Å². The second-order valence-electron chi connectivity index (χ2n) is 4.64. The molecule has 4 heteroatoms. The van der Waals surface area contributed by atoms with E-state index in [-0.39, 0.29) is 6.04 Å². The van der Waals surface area contributed by atoms with Crippen LogP contribution in [0.4, 0.5) is 0 Å². The average molecular weight is 340 g/mol. The predicted molar refractivity (Wildman–Crippen MR) is 84.8 cm³/mol. The first kappa shape index (κ1) is 14.6. The SMILES string of the molecule is CC(N)CCc1ccc(OCc2sccc2Br)cc1. The average Bonchev–Trinajstić information content (AvgIpc) is 2.81. The zero-order valence-corrected chi connectivity index (χ0v) is 13.3. The summed E-state index contributed by atoms with van der Waals surface area (Å²) in [5, 5.41) is 2.06. The van der Waals surface area contributed by atoms with Crippen LogP contribution in [0.2, 0.25) is 0 Å². The quantitative estimate of drug-likeness (QED) is 0.847. The van der Waals surface area contributed by atoms with Gasteiger partial charge in [-0.3, -0.25) is 0 Å². The number of hydrogen-bond acceptors (Lipinski definition) is 3. The molecule has 2 rings (SSSR count). The Hall–Kier alpha value is -0.840. The highest BCUT2D eigenvalue weighted by atomic mass is 79.9. The standard InChI is InChI=1S/C15H18BrNOS/c1-11(17)2-3-12-4-6-13(7-5-12)18-10-15-14(16)8-9-19-15/h4-9,11H,2-3,10,17H2,1H3. The molecular formula is C15H18BrNOS. The van der Waals surface area contributed by atoms with Crippen LogP contribution in [0, 0.1) is 0 Å². The van der Waals surface area contributed by atoms with E-state index < -0.39 is 0 Å². The molecule has 0 saturated heterocycles. The molecule has 0 bridgehead atoms. The topological polar surface area (TPSA) is 35.2 Å². The normalized spacial score (nSPS) is 12.4. The molecule has 2 aromatic rings. The first-order chi connectivity index (χ1) is 9.15. The fourth-order valence-electron chi connectivity index (χ4n) is 1.72. The third kappa shape index (κ3) is 4.64. The summed E-state index contributed by atoms with van der Waals surface area (Å²) in [6.45, 7) is 2.65. The van der Waals surface area contributed by atoms with Crippen molar-refractivity contribution in [3.63, 3.8) is 0 Å². The molecule has 1 aromatic heterocycles. The Bertz CT molecular complexity index is 507. The van der Waals surface area contributed by atoms with Crippen molar-refractivity contribution in [2.24, 2.45) is 5.73 Å². The Morgan fingerprint density at radius 2 is 2.00 bits per heavy atom. The molecule has 1 unspecified atom stereocenters. The molecule has 0 aliphatic rings. The molecule has 2 nitrogen and oxygen atoms in total. The van der Waals surface area contributed by atoms with E-state index in [0.717, 1.165) is 23.1 Å². The second kappa shape index (κ2) is 7.08. The molecule has 1 atom stereocenters. The number of nitrogens with two attached hydrogens (primary N) is 1. The van der Waals surface area contributed by atoms with E-state index in [1.807, 2.05) is 25.1 Å². The van der Waals surface area contributed by atoms with Crippen molar-refractivity contribution in [2.45, 2.75) is 32.4 Å². The summed E-state index contributed by atoms with van der Waals surface area (Å²) in [5.74, 6) is 0.907. The van der Waals surface area contributed by atoms with Crippen molar-refractivity contribution >= 4 is 27.3 Å². The largest absolute Gasteiger partial charge is 0.488 e. The molecule has 0 aliphatic carbocycles. The van der Waals surface area contributed by atoms with Crippen molar-refractivity contribution < 1.29 is 4.74 Å². The minimum Gasteiger partial charge on any atom is -0.488 e. The van der Waals surface area contributed by atoms with E-state index in [0.29, 0.717) is 6.61 Å². The van der Waals surface area contributed by atoms with Gasteiger partial charge in [0, 0.05) is 10.5 Å². The lowest BCUT2D eigenvalue weighted by Crippen LogP contribution is -2.15. The fraction of sp³-hybridized carbons (Fsp3) is 0.333. The third-order valence-electron chi connectivity index (χ3n) is 2.87. The lowest BCUT2D eigenvalue weighted by atomic mass is 10.1. The first-order valence-electron chi connectivity index (χ1n) is 6.34. The van der Waals surface area contributed by atoms with Crippen molar-refractivity contribution in [3.8, 4) is 5.75 Å². The van der Waals surface area contributed by atoms with Crippen LogP contribution in [0.5, 0.6) is 5.75 Å². The van der Waals surface area contributed by atoms with E-state index in [1.165, 1.54) is 10.4 Å². The number of hydrogen-bond donors (Lipinski definition) is 1. The van der Waals surface area contributed by atoms with Gasteiger partial charge in [-0.2, -0.15) is 0 Å². The van der Waals surface area contributed by atoms with Crippen LogP contribution in [0.25, 0.3) is 0 Å². The van der Waals surface area contributed by atoms with Crippen LogP contribution in [0.3, 0.4) is 0 Å². The molecule has 0 saturated carbocycles. The Balaban J connectivity index is 1.86. The predicted octanol–water partition coefficient (Wildman–Crippen LogP) is 4.37. The van der Waals surface area contributed by atoms with Gasteiger partial charge in [0.05, 0.1) is 4.88 Å². The second-order valence-corrected chi connectivity index (χ2v) is 6.50. The molecule has 0 spiro atoms. The Kier molecular flexibility index (Phi) is 5.43. The van der Waals surface area contributed by atoms with E-state index in [1.54, 1.807) is 11.3 Å². The van der Waals surface area contributed by atoms with Gasteiger partial charge >= 0.3 is 0 Å². The van der Waals surface area contributed by atoms with Crippen LogP contribution >= 0.6 is 27.3 Å². The van der Waals surface area contributed by atoms with Crippen molar-refractivity contribution in [3.05, 3.63) is 50.6 Å². The summed E-state index contributed by atoms with van der Waals surface area (Å²) in [5.41, 5.74) is 7.07. The molecule has 0 aliphatic heterocycles. The molecule has 1 aromatic carbocycles. The zero-order chi connectivity index (χ0) is 13.7. The number of halogens is 1. The van der Waals surface area contributed by atoms with E-state index in [4.69, 9.17) is 10.5 Å². The highest BCUT2D eigenvalue weighted by Gasteiger charge is 2.03. The van der Waals surface area contributed by atoms with Crippen LogP contribution in [-0.2, 0) is 13.0 Å². The summed E-state index contributed by atoms with van der Waals surface area (Å²) < 4.78 is 6.88. The number of benzene rings is 1. The minimum atomic E-state index is 0.257. The van der Waals surface area contributed by atoms with Crippen LogP contribution in [-0.4, -0.2) is 6.04 Å². The molecule has 0 radical (unpaired) electrons. The minimum absolute atomic E-state index is 0.257. The van der Waals surface area contributed by atoms with Gasteiger partial charge in [0.1, 0.15) is 12.4 Å². The Labute approximate surface area is 126 Å². The smallest absolute Gasteiger partial charge is 0.124 e. The number of aryl methyl sites for hydroxylation is 1. The van der Waals surface area contributed by atoms with Crippen molar-refractivity contribution in [2.75, 3.05) is 0 Å². The molecule has 0 fully saturated rings. The van der Waals surface area contributed by atoms with Gasteiger partial charge < -0.3 is 10.5 Å². The highest BCUT2D eigenvalue weighted by molar-refractivity contribution is 9.10. The van der Waals surface area contributed by atoms with Gasteiger partial charge in [0.2, 0.25) is 0 Å². The number of ether oxygens (including phenoxy) is 1. The molecule has 2 N–H and O–H groups in total. The summed E-state index contributed by atoms with van der Waals surface area (Å²) in [6.07, 6.45) is 2.04. The molecular weight excluding hydrogens is 322 g/mol. The lowest BCUT2D eigenvalue weighted by Gasteiger charge is -2.08. The first-order valence-corrected chi connectivity index (χ1v) is 8.01. The number of rotatable bonds is 6. The van der Waals surface area contributed by atoms with E-state index in [2.05, 4.69) is 33.4 Å². The summed E-state index contributed by atoms with van der Waals surface area (Å²) in [6, 6.07) is 10.6. The summed E-state index contributed by atoms with van der Waals surface area (Å²) in [7, 11) is 0. The lowest BCUT2D eigenvalue weighted by molar-refractivity contribution is 0.309. The molecule has 19 heavy (non-hydrogen) atoms. The third-order valence-corrected chi connectivity index (χ3v) is 4.77. The maximum absolute atomic E-state index is 5.77. The summed E-state index contributed by atoms with van der Waals surface area (Å²) in [4.78, 5) is 1.21. The van der Waals surface area contributed by atoms with Crippen LogP contribution in [0.15, 0.2) is 40.2 Å². The van der Waals surface area contributed by atoms with Gasteiger partial charge in [-0.05, 0) is 64.8 Å². The number of thiophene rings is 1. The fourth-order valence-corrected chi connectivity index (χ4v) is 3.10. The molecule has 1 heterocycles. The Morgan fingerprint density at radius 1 is 1.26 bits per heavy atom. The zero-order valence-electron chi connectivity index (χ0n) is 10.9. The van der Waals surface area contributed by atoms with Gasteiger partial charge in [0.25, 0.3) is 0 Å². The van der Waals surface area contributed by atoms with Gasteiger partial charge in [-0.1, -0.05) is 12.1 Å². The molecule has 102 valence electrons. The van der Waals surface area contributed by atoms with E-state index in [9.17, 15) is 0 Å². The van der Waals surface area contributed by atoms with Gasteiger partial charge in [-0.25, -0.2) is 0 Å². The maximum atomic E-state index is 5.77. The van der Waals surface area contributed by atoms with E-state index >= 15 is 0 Å². The molecule has 0 amide bonds. The summed E-state index contributed by atoms with van der Waals surface area (Å²) >= 11 is 5.20. The highest BCUT2D eigenvalue weighted by Crippen LogP contribution is 2.24. The van der Waals surface area contributed by atoms with Crippen molar-refractivity contribution in [1.29, 1.82) is 0 Å². The van der Waals surface area contributed by atoms with Gasteiger partial charge in [0.15, 0.2) is 0 Å². The van der Waals surface area contributed by atoms with Crippen LogP contribution in [0.1, 0.15) is 23.8 Å². The monoisotopic (exact) mass is 339 g/mol. The Morgan fingerprint density at radius 3 is 2.58 bits per heavy atom. The van der Waals surface area contributed by atoms with Crippen molar-refractivity contribution in [1.82, 2.24) is 0 Å². The van der Waals surface area contributed by atoms with Crippen LogP contribution < -0.4 is 10.5 Å². The maximum Gasteiger partial charge on any atom is 0.124 e.